The van der Waals surface area contributed by atoms with Crippen molar-refractivity contribution in [3.8, 4) is 0 Å². The van der Waals surface area contributed by atoms with E-state index < -0.39 is 11.0 Å². The Labute approximate surface area is 174 Å². The zero-order valence-electron chi connectivity index (χ0n) is 16.6. The molecule has 1 unspecified atom stereocenters. The van der Waals surface area contributed by atoms with Crippen LogP contribution < -0.4 is 10.2 Å². The number of anilines is 1. The van der Waals surface area contributed by atoms with Gasteiger partial charge in [-0.3, -0.25) is 19.7 Å². The number of nitro benzene ring substituents is 1. The largest absolute Gasteiger partial charge is 0.366 e. The van der Waals surface area contributed by atoms with Gasteiger partial charge in [0.1, 0.15) is 5.69 Å². The summed E-state index contributed by atoms with van der Waals surface area (Å²) in [5.74, 6) is -0.425. The number of nitrogens with one attached hydrogen (secondary N) is 1. The second kappa shape index (κ2) is 8.52. The highest BCUT2D eigenvalue weighted by atomic mass is 16.6. The van der Waals surface area contributed by atoms with Gasteiger partial charge in [0.25, 0.3) is 11.6 Å². The summed E-state index contributed by atoms with van der Waals surface area (Å²) in [6, 6.07) is 13.7. The van der Waals surface area contributed by atoms with E-state index in [0.717, 1.165) is 31.5 Å². The highest BCUT2D eigenvalue weighted by molar-refractivity contribution is 5.96. The van der Waals surface area contributed by atoms with Crippen LogP contribution >= 0.6 is 0 Å². The molecule has 2 aliphatic rings. The monoisotopic (exact) mass is 408 g/mol. The molecule has 2 aromatic carbocycles. The van der Waals surface area contributed by atoms with Crippen LogP contribution in [0.5, 0.6) is 0 Å². The Morgan fingerprint density at radius 1 is 1.07 bits per heavy atom. The Bertz CT molecular complexity index is 957. The molecule has 2 aromatic rings. The summed E-state index contributed by atoms with van der Waals surface area (Å²) >= 11 is 0. The van der Waals surface area contributed by atoms with Gasteiger partial charge in [0, 0.05) is 37.8 Å². The van der Waals surface area contributed by atoms with Crippen molar-refractivity contribution in [3.05, 3.63) is 69.8 Å². The summed E-state index contributed by atoms with van der Waals surface area (Å²) in [5, 5.41) is 14.5. The number of hydrogen-bond donors (Lipinski definition) is 1. The first kappa shape index (κ1) is 19.9. The van der Waals surface area contributed by atoms with Gasteiger partial charge in [-0.15, -0.1) is 0 Å². The predicted molar refractivity (Wildman–Crippen MR) is 112 cm³/mol. The van der Waals surface area contributed by atoms with E-state index in [-0.39, 0.29) is 29.5 Å². The molecule has 0 radical (unpaired) electrons. The van der Waals surface area contributed by atoms with Crippen molar-refractivity contribution in [2.45, 2.75) is 25.3 Å². The Kier molecular flexibility index (Phi) is 5.65. The average molecular weight is 408 g/mol. The minimum absolute atomic E-state index is 0.0527. The number of nitro groups is 1. The fourth-order valence-corrected chi connectivity index (χ4v) is 4.24. The van der Waals surface area contributed by atoms with E-state index in [1.807, 2.05) is 35.2 Å². The van der Waals surface area contributed by atoms with E-state index >= 15 is 0 Å². The molecule has 2 heterocycles. The number of hydrogen-bond acceptors (Lipinski definition) is 5. The molecule has 1 N–H and O–H groups in total. The van der Waals surface area contributed by atoms with E-state index in [1.54, 1.807) is 17.0 Å². The third kappa shape index (κ3) is 3.98. The molecule has 0 saturated carbocycles. The van der Waals surface area contributed by atoms with Gasteiger partial charge in [0.05, 0.1) is 17.4 Å². The van der Waals surface area contributed by atoms with Gasteiger partial charge in [-0.2, -0.15) is 0 Å². The molecule has 2 amide bonds. The third-order valence-electron chi connectivity index (χ3n) is 5.74. The molecule has 0 aliphatic carbocycles. The lowest BCUT2D eigenvalue weighted by Crippen LogP contribution is -2.36. The van der Waals surface area contributed by atoms with Crippen LogP contribution in [0.1, 0.15) is 41.2 Å². The first-order valence-corrected chi connectivity index (χ1v) is 10.2. The standard InChI is InChI=1S/C22H24N4O4/c27-21-15-19(16-6-2-1-3-7-16)25(13-10-23-21)22(28)17-8-9-18(20(14-17)26(29)30)24-11-4-5-12-24/h1-3,6-9,14,19H,4-5,10-13,15H2,(H,23,27). The molecule has 0 aromatic heterocycles. The number of rotatable bonds is 4. The van der Waals surface area contributed by atoms with E-state index in [9.17, 15) is 19.7 Å². The number of amides is 2. The van der Waals surface area contributed by atoms with E-state index in [0.29, 0.717) is 18.8 Å². The Morgan fingerprint density at radius 2 is 1.80 bits per heavy atom. The lowest BCUT2D eigenvalue weighted by atomic mass is 10.0. The zero-order valence-corrected chi connectivity index (χ0v) is 16.6. The van der Waals surface area contributed by atoms with Crippen molar-refractivity contribution in [1.82, 2.24) is 10.2 Å². The van der Waals surface area contributed by atoms with Crippen molar-refractivity contribution in [1.29, 1.82) is 0 Å². The van der Waals surface area contributed by atoms with Crippen molar-refractivity contribution in [3.63, 3.8) is 0 Å². The quantitative estimate of drug-likeness (QED) is 0.620. The molecule has 0 bridgehead atoms. The van der Waals surface area contributed by atoms with Crippen LogP contribution in [0, 0.1) is 10.1 Å². The molecule has 4 rings (SSSR count). The minimum atomic E-state index is -0.424. The topological polar surface area (TPSA) is 95.8 Å². The summed E-state index contributed by atoms with van der Waals surface area (Å²) in [7, 11) is 0. The normalized spacial score (nSPS) is 19.3. The summed E-state index contributed by atoms with van der Waals surface area (Å²) in [6.07, 6.45) is 2.17. The molecular formula is C22H24N4O4. The maximum Gasteiger partial charge on any atom is 0.293 e. The molecule has 2 saturated heterocycles. The number of carbonyl (C=O) groups is 2. The van der Waals surface area contributed by atoms with Crippen LogP contribution in [-0.2, 0) is 4.79 Å². The van der Waals surface area contributed by atoms with E-state index in [2.05, 4.69) is 5.32 Å². The van der Waals surface area contributed by atoms with Gasteiger partial charge in [-0.25, -0.2) is 0 Å². The van der Waals surface area contributed by atoms with Crippen LogP contribution in [-0.4, -0.2) is 47.8 Å². The molecule has 156 valence electrons. The van der Waals surface area contributed by atoms with E-state index in [4.69, 9.17) is 0 Å². The van der Waals surface area contributed by atoms with Crippen LogP contribution in [0.15, 0.2) is 48.5 Å². The Morgan fingerprint density at radius 3 is 2.50 bits per heavy atom. The van der Waals surface area contributed by atoms with Crippen molar-refractivity contribution < 1.29 is 14.5 Å². The van der Waals surface area contributed by atoms with Crippen LogP contribution in [0.4, 0.5) is 11.4 Å². The second-order valence-electron chi connectivity index (χ2n) is 7.63. The van der Waals surface area contributed by atoms with Crippen LogP contribution in [0.2, 0.25) is 0 Å². The fraction of sp³-hybridized carbons (Fsp3) is 0.364. The molecular weight excluding hydrogens is 384 g/mol. The van der Waals surface area contributed by atoms with Crippen LogP contribution in [0.3, 0.4) is 0 Å². The molecule has 8 nitrogen and oxygen atoms in total. The van der Waals surface area contributed by atoms with Gasteiger partial charge in [0.2, 0.25) is 5.91 Å². The Hall–Kier alpha value is -3.42. The Balaban J connectivity index is 1.68. The number of carbonyl (C=O) groups excluding carboxylic acids is 2. The second-order valence-corrected chi connectivity index (χ2v) is 7.63. The average Bonchev–Trinajstić information content (AvgIpc) is 3.22. The lowest BCUT2D eigenvalue weighted by Gasteiger charge is -2.30. The predicted octanol–water partition coefficient (Wildman–Crippen LogP) is 2.90. The molecule has 2 aliphatic heterocycles. The maximum atomic E-state index is 13.4. The first-order chi connectivity index (χ1) is 14.5. The van der Waals surface area contributed by atoms with E-state index in [1.165, 1.54) is 6.07 Å². The summed E-state index contributed by atoms with van der Waals surface area (Å²) in [4.78, 5) is 40.5. The van der Waals surface area contributed by atoms with Gasteiger partial charge in [-0.05, 0) is 30.5 Å². The summed E-state index contributed by atoms with van der Waals surface area (Å²) < 4.78 is 0. The molecule has 0 spiro atoms. The minimum Gasteiger partial charge on any atom is -0.366 e. The van der Waals surface area contributed by atoms with Crippen molar-refractivity contribution in [2.24, 2.45) is 0 Å². The highest BCUT2D eigenvalue weighted by Crippen LogP contribution is 2.33. The highest BCUT2D eigenvalue weighted by Gasteiger charge is 2.32. The molecule has 2 fully saturated rings. The van der Waals surface area contributed by atoms with Gasteiger partial charge in [-0.1, -0.05) is 30.3 Å². The van der Waals surface area contributed by atoms with Crippen molar-refractivity contribution in [2.75, 3.05) is 31.1 Å². The third-order valence-corrected chi connectivity index (χ3v) is 5.74. The summed E-state index contributed by atoms with van der Waals surface area (Å²) in [6.45, 7) is 2.25. The molecule has 30 heavy (non-hydrogen) atoms. The summed E-state index contributed by atoms with van der Waals surface area (Å²) in [5.41, 5.74) is 1.63. The lowest BCUT2D eigenvalue weighted by molar-refractivity contribution is -0.384. The van der Waals surface area contributed by atoms with Gasteiger partial charge < -0.3 is 15.1 Å². The van der Waals surface area contributed by atoms with Gasteiger partial charge in [0.15, 0.2) is 0 Å². The zero-order chi connectivity index (χ0) is 21.1. The van der Waals surface area contributed by atoms with Gasteiger partial charge >= 0.3 is 0 Å². The molecule has 8 heteroatoms. The SMILES string of the molecule is O=C1CC(c2ccccc2)N(C(=O)c2ccc(N3CCCC3)c([N+](=O)[O-])c2)CCN1. The smallest absolute Gasteiger partial charge is 0.293 e. The van der Waals surface area contributed by atoms with Crippen LogP contribution in [0.25, 0.3) is 0 Å². The number of benzene rings is 2. The van der Waals surface area contributed by atoms with Crippen molar-refractivity contribution >= 4 is 23.2 Å². The number of nitrogens with zero attached hydrogens (tertiary/aromatic N) is 3. The maximum absolute atomic E-state index is 13.4. The first-order valence-electron chi connectivity index (χ1n) is 10.2. The molecule has 1 atom stereocenters. The fourth-order valence-electron chi connectivity index (χ4n) is 4.24.